The number of aryl methyl sites for hydroxylation is 1. The van der Waals surface area contributed by atoms with E-state index in [-0.39, 0.29) is 17.5 Å². The van der Waals surface area contributed by atoms with Gasteiger partial charge in [-0.15, -0.1) is 0 Å². The van der Waals surface area contributed by atoms with E-state index in [0.29, 0.717) is 12.4 Å². The molecular weight excluding hydrogens is 356 g/mol. The maximum absolute atomic E-state index is 11.2. The van der Waals surface area contributed by atoms with Gasteiger partial charge in [0.25, 0.3) is 5.69 Å². The molecule has 2 N–H and O–H groups in total. The van der Waals surface area contributed by atoms with Gasteiger partial charge in [-0.1, -0.05) is 12.1 Å². The Balaban J connectivity index is 2.25. The molecule has 1 unspecified atom stereocenters. The van der Waals surface area contributed by atoms with Crippen molar-refractivity contribution in [1.29, 1.82) is 0 Å². The molecular formula is C17H28N4O4S. The van der Waals surface area contributed by atoms with Crippen LogP contribution < -0.4 is 10.6 Å². The van der Waals surface area contributed by atoms with E-state index >= 15 is 0 Å². The van der Waals surface area contributed by atoms with Crippen molar-refractivity contribution >= 4 is 21.5 Å². The summed E-state index contributed by atoms with van der Waals surface area (Å²) in [4.78, 5) is 14.4. The van der Waals surface area contributed by atoms with Crippen LogP contribution in [0.3, 0.4) is 0 Å². The summed E-state index contributed by atoms with van der Waals surface area (Å²) < 4.78 is 22.4. The highest BCUT2D eigenvalue weighted by atomic mass is 32.2. The molecule has 1 aromatic carbocycles. The number of hydrogen-bond donors (Lipinski definition) is 2. The highest BCUT2D eigenvalue weighted by Gasteiger charge is 2.09. The summed E-state index contributed by atoms with van der Waals surface area (Å²) in [5.74, 6) is 0.800. The maximum Gasteiger partial charge on any atom is 0.269 e. The normalized spacial score (nSPS) is 13.3. The Hall–Kier alpha value is -2.16. The molecule has 0 aliphatic carbocycles. The number of rotatable bonds is 10. The van der Waals surface area contributed by atoms with Crippen molar-refractivity contribution in [2.24, 2.45) is 4.99 Å². The molecule has 146 valence electrons. The average molecular weight is 385 g/mol. The Morgan fingerprint density at radius 2 is 1.92 bits per heavy atom. The van der Waals surface area contributed by atoms with Crippen LogP contribution >= 0.6 is 0 Å². The van der Waals surface area contributed by atoms with Crippen molar-refractivity contribution in [2.75, 3.05) is 25.6 Å². The Kier molecular flexibility index (Phi) is 9.04. The predicted molar refractivity (Wildman–Crippen MR) is 104 cm³/mol. The Bertz CT molecular complexity index is 702. The fraction of sp³-hybridized carbons (Fsp3) is 0.588. The van der Waals surface area contributed by atoms with Crippen molar-refractivity contribution in [3.63, 3.8) is 0 Å². The molecule has 0 spiro atoms. The van der Waals surface area contributed by atoms with E-state index in [2.05, 4.69) is 15.6 Å². The van der Waals surface area contributed by atoms with Crippen molar-refractivity contribution < 1.29 is 13.3 Å². The maximum atomic E-state index is 11.2. The second-order valence-electron chi connectivity index (χ2n) is 6.34. The van der Waals surface area contributed by atoms with Gasteiger partial charge in [0, 0.05) is 38.0 Å². The third kappa shape index (κ3) is 9.36. The minimum atomic E-state index is -2.96. The summed E-state index contributed by atoms with van der Waals surface area (Å²) in [5, 5.41) is 17.0. The number of sulfone groups is 1. The zero-order valence-corrected chi connectivity index (χ0v) is 16.4. The molecule has 0 heterocycles. The van der Waals surface area contributed by atoms with Crippen LogP contribution in [0.4, 0.5) is 5.69 Å². The van der Waals surface area contributed by atoms with Gasteiger partial charge < -0.3 is 10.6 Å². The van der Waals surface area contributed by atoms with Gasteiger partial charge in [0.2, 0.25) is 0 Å². The van der Waals surface area contributed by atoms with Gasteiger partial charge in [-0.05, 0) is 38.2 Å². The molecule has 1 aromatic rings. The van der Waals surface area contributed by atoms with Crippen LogP contribution in [0.2, 0.25) is 0 Å². The SMILES string of the molecule is CN=C(NCCCCc1ccc([N+](=O)[O-])cc1)NC(C)CCS(C)(=O)=O. The Labute approximate surface area is 155 Å². The van der Waals surface area contributed by atoms with Crippen LogP contribution in [-0.2, 0) is 16.3 Å². The first-order valence-corrected chi connectivity index (χ1v) is 10.7. The largest absolute Gasteiger partial charge is 0.356 e. The third-order valence-electron chi connectivity index (χ3n) is 3.86. The van der Waals surface area contributed by atoms with Crippen molar-refractivity contribution in [3.8, 4) is 0 Å². The first-order chi connectivity index (χ1) is 12.2. The van der Waals surface area contributed by atoms with E-state index in [1.54, 1.807) is 19.2 Å². The van der Waals surface area contributed by atoms with E-state index in [4.69, 9.17) is 0 Å². The summed E-state index contributed by atoms with van der Waals surface area (Å²) in [6.07, 6.45) is 4.49. The fourth-order valence-corrected chi connectivity index (χ4v) is 3.12. The highest BCUT2D eigenvalue weighted by Crippen LogP contribution is 2.13. The molecule has 0 radical (unpaired) electrons. The average Bonchev–Trinajstić information content (AvgIpc) is 2.58. The third-order valence-corrected chi connectivity index (χ3v) is 4.84. The van der Waals surface area contributed by atoms with Gasteiger partial charge in [-0.25, -0.2) is 8.42 Å². The van der Waals surface area contributed by atoms with Crippen LogP contribution in [-0.4, -0.2) is 50.9 Å². The smallest absolute Gasteiger partial charge is 0.269 e. The molecule has 0 aromatic heterocycles. The highest BCUT2D eigenvalue weighted by molar-refractivity contribution is 7.90. The van der Waals surface area contributed by atoms with Crippen molar-refractivity contribution in [2.45, 2.75) is 38.6 Å². The second kappa shape index (κ2) is 10.7. The summed E-state index contributed by atoms with van der Waals surface area (Å²) >= 11 is 0. The number of nitrogens with one attached hydrogen (secondary N) is 2. The number of guanidine groups is 1. The van der Waals surface area contributed by atoms with Crippen molar-refractivity contribution in [3.05, 3.63) is 39.9 Å². The molecule has 0 saturated heterocycles. The van der Waals surface area contributed by atoms with E-state index in [1.807, 2.05) is 6.92 Å². The zero-order chi connectivity index (χ0) is 19.6. The fourth-order valence-electron chi connectivity index (χ4n) is 2.34. The minimum absolute atomic E-state index is 0.0102. The van der Waals surface area contributed by atoms with Crippen LogP contribution in [0.1, 0.15) is 31.7 Å². The van der Waals surface area contributed by atoms with Gasteiger partial charge in [-0.3, -0.25) is 15.1 Å². The number of benzene rings is 1. The van der Waals surface area contributed by atoms with Crippen LogP contribution in [0, 0.1) is 10.1 Å². The lowest BCUT2D eigenvalue weighted by molar-refractivity contribution is -0.384. The number of non-ortho nitro benzene ring substituents is 1. The van der Waals surface area contributed by atoms with Gasteiger partial charge in [0.05, 0.1) is 10.7 Å². The monoisotopic (exact) mass is 384 g/mol. The number of nitro benzene ring substituents is 1. The number of unbranched alkanes of at least 4 members (excludes halogenated alkanes) is 1. The van der Waals surface area contributed by atoms with Crippen molar-refractivity contribution in [1.82, 2.24) is 10.6 Å². The number of hydrogen-bond acceptors (Lipinski definition) is 5. The molecule has 0 aliphatic rings. The number of nitro groups is 1. The lowest BCUT2D eigenvalue weighted by Gasteiger charge is -2.17. The molecule has 26 heavy (non-hydrogen) atoms. The molecule has 1 atom stereocenters. The number of nitrogens with zero attached hydrogens (tertiary/aromatic N) is 2. The van der Waals surface area contributed by atoms with E-state index in [9.17, 15) is 18.5 Å². The standard InChI is InChI=1S/C17H28N4O4S/c1-14(11-13-26(3,24)25)20-17(18-2)19-12-5-4-6-15-7-9-16(10-8-15)21(22)23/h7-10,14H,4-6,11-13H2,1-3H3,(H2,18,19,20). The number of aliphatic imine (C=N–C) groups is 1. The molecule has 0 bridgehead atoms. The summed E-state index contributed by atoms with van der Waals surface area (Å²) in [5.41, 5.74) is 1.18. The molecule has 0 saturated carbocycles. The van der Waals surface area contributed by atoms with Gasteiger partial charge in [0.1, 0.15) is 9.84 Å². The van der Waals surface area contributed by atoms with E-state index in [0.717, 1.165) is 31.4 Å². The minimum Gasteiger partial charge on any atom is -0.356 e. The van der Waals surface area contributed by atoms with Crippen LogP contribution in [0.15, 0.2) is 29.3 Å². The first-order valence-electron chi connectivity index (χ1n) is 8.59. The topological polar surface area (TPSA) is 114 Å². The summed E-state index contributed by atoms with van der Waals surface area (Å²) in [6.45, 7) is 2.66. The quantitative estimate of drug-likeness (QED) is 0.209. The van der Waals surface area contributed by atoms with E-state index in [1.165, 1.54) is 18.4 Å². The first kappa shape index (κ1) is 21.9. The second-order valence-corrected chi connectivity index (χ2v) is 8.60. The van der Waals surface area contributed by atoms with Crippen LogP contribution in [0.5, 0.6) is 0 Å². The van der Waals surface area contributed by atoms with E-state index < -0.39 is 14.8 Å². The zero-order valence-electron chi connectivity index (χ0n) is 15.6. The van der Waals surface area contributed by atoms with Gasteiger partial charge >= 0.3 is 0 Å². The molecule has 0 amide bonds. The molecule has 0 aliphatic heterocycles. The lowest BCUT2D eigenvalue weighted by Crippen LogP contribution is -2.43. The van der Waals surface area contributed by atoms with Gasteiger partial charge in [-0.2, -0.15) is 0 Å². The van der Waals surface area contributed by atoms with Gasteiger partial charge in [0.15, 0.2) is 5.96 Å². The van der Waals surface area contributed by atoms with Crippen LogP contribution in [0.25, 0.3) is 0 Å². The summed E-state index contributed by atoms with van der Waals surface area (Å²) in [7, 11) is -1.28. The lowest BCUT2D eigenvalue weighted by atomic mass is 10.1. The Morgan fingerprint density at radius 1 is 1.27 bits per heavy atom. The molecule has 8 nitrogen and oxygen atoms in total. The summed E-state index contributed by atoms with van der Waals surface area (Å²) in [6, 6.07) is 6.63. The Morgan fingerprint density at radius 3 is 2.46 bits per heavy atom. The molecule has 1 rings (SSSR count). The molecule has 0 fully saturated rings. The predicted octanol–water partition coefficient (Wildman–Crippen LogP) is 1.91. The molecule has 9 heteroatoms.